The van der Waals surface area contributed by atoms with E-state index in [9.17, 15) is 9.59 Å². The van der Waals surface area contributed by atoms with Crippen LogP contribution in [0, 0.1) is 6.92 Å². The van der Waals surface area contributed by atoms with Crippen molar-refractivity contribution in [2.45, 2.75) is 26.4 Å². The summed E-state index contributed by atoms with van der Waals surface area (Å²) < 4.78 is 5.42. The van der Waals surface area contributed by atoms with Gasteiger partial charge in [0.05, 0.1) is 18.5 Å². The Morgan fingerprint density at radius 3 is 2.61 bits per heavy atom. The first-order chi connectivity index (χ1) is 15.1. The molecule has 0 aliphatic carbocycles. The van der Waals surface area contributed by atoms with Gasteiger partial charge in [-0.05, 0) is 34.9 Å². The van der Waals surface area contributed by atoms with Crippen LogP contribution in [0.4, 0.5) is 5.69 Å². The molecule has 1 N–H and O–H groups in total. The minimum Gasteiger partial charge on any atom is -0.459 e. The summed E-state index contributed by atoms with van der Waals surface area (Å²) in [6.07, 6.45) is 0.389. The van der Waals surface area contributed by atoms with Gasteiger partial charge in [0.1, 0.15) is 11.6 Å². The van der Waals surface area contributed by atoms with E-state index < -0.39 is 0 Å². The van der Waals surface area contributed by atoms with Crippen molar-refractivity contribution >= 4 is 39.7 Å². The topological polar surface area (TPSA) is 68.3 Å². The molecule has 0 spiro atoms. The van der Waals surface area contributed by atoms with E-state index in [0.717, 1.165) is 27.6 Å². The predicted octanol–water partition coefficient (Wildman–Crippen LogP) is 5.07. The van der Waals surface area contributed by atoms with Crippen LogP contribution in [0.15, 0.2) is 72.1 Å². The molecule has 0 bridgehead atoms. The number of nitrogens with zero attached hydrogens (tertiary/aromatic N) is 1. The number of hydrogen-bond donors (Lipinski definition) is 1. The molecular formula is C25H22N2O3S. The van der Waals surface area contributed by atoms with Gasteiger partial charge in [0.2, 0.25) is 5.91 Å². The highest BCUT2D eigenvalue weighted by atomic mass is 32.1. The third kappa shape index (κ3) is 5.35. The minimum atomic E-state index is -0.303. The van der Waals surface area contributed by atoms with Crippen molar-refractivity contribution < 1.29 is 14.3 Å². The number of esters is 1. The number of hydrogen-bond acceptors (Lipinski definition) is 5. The van der Waals surface area contributed by atoms with E-state index >= 15 is 0 Å². The summed E-state index contributed by atoms with van der Waals surface area (Å²) in [5.41, 5.74) is 3.39. The fraction of sp³-hybridized carbons (Fsp3) is 0.160. The Bertz CT molecular complexity index is 1230. The first kappa shape index (κ1) is 20.8. The monoisotopic (exact) mass is 430 g/mol. The second-order valence-corrected chi connectivity index (χ2v) is 8.19. The van der Waals surface area contributed by atoms with E-state index in [1.165, 1.54) is 11.3 Å². The maximum absolute atomic E-state index is 12.3. The summed E-state index contributed by atoms with van der Waals surface area (Å²) in [4.78, 5) is 29.1. The molecule has 5 nitrogen and oxygen atoms in total. The van der Waals surface area contributed by atoms with Gasteiger partial charge >= 0.3 is 5.97 Å². The van der Waals surface area contributed by atoms with Crippen molar-refractivity contribution in [3.8, 4) is 0 Å². The van der Waals surface area contributed by atoms with Crippen LogP contribution in [-0.4, -0.2) is 16.9 Å². The third-order valence-corrected chi connectivity index (χ3v) is 5.82. The van der Waals surface area contributed by atoms with Crippen LogP contribution < -0.4 is 5.32 Å². The minimum absolute atomic E-state index is 0.0967. The Balaban J connectivity index is 1.30. The number of nitrogens with one attached hydrogen (secondary N) is 1. The number of aryl methyl sites for hydroxylation is 1. The van der Waals surface area contributed by atoms with Crippen molar-refractivity contribution in [3.05, 3.63) is 93.9 Å². The zero-order valence-electron chi connectivity index (χ0n) is 17.1. The fourth-order valence-corrected chi connectivity index (χ4v) is 4.13. The summed E-state index contributed by atoms with van der Waals surface area (Å²) in [7, 11) is 0. The number of aromatic nitrogens is 1. The number of rotatable bonds is 7. The molecule has 1 aromatic heterocycles. The SMILES string of the molecule is Cc1ccccc1NC(=O)Cc1nc(COC(=O)Cc2cccc3ccccc23)cs1. The van der Waals surface area contributed by atoms with Crippen molar-refractivity contribution in [1.82, 2.24) is 4.98 Å². The van der Waals surface area contributed by atoms with Crippen molar-refractivity contribution in [3.63, 3.8) is 0 Å². The molecule has 6 heteroatoms. The van der Waals surface area contributed by atoms with Gasteiger partial charge in [-0.25, -0.2) is 4.98 Å². The molecule has 4 aromatic rings. The lowest BCUT2D eigenvalue weighted by Crippen LogP contribution is -2.15. The lowest BCUT2D eigenvalue weighted by Gasteiger charge is -2.07. The normalized spacial score (nSPS) is 10.7. The second-order valence-electron chi connectivity index (χ2n) is 7.25. The Morgan fingerprint density at radius 2 is 1.74 bits per heavy atom. The van der Waals surface area contributed by atoms with Gasteiger partial charge < -0.3 is 10.1 Å². The number of para-hydroxylation sites is 1. The number of amides is 1. The number of anilines is 1. The molecular weight excluding hydrogens is 408 g/mol. The molecule has 156 valence electrons. The highest BCUT2D eigenvalue weighted by Crippen LogP contribution is 2.20. The van der Waals surface area contributed by atoms with Crippen LogP contribution in [0.25, 0.3) is 10.8 Å². The summed E-state index contributed by atoms with van der Waals surface area (Å²) in [5, 5.41) is 7.56. The first-order valence-corrected chi connectivity index (χ1v) is 10.9. The second kappa shape index (κ2) is 9.53. The fourth-order valence-electron chi connectivity index (χ4n) is 3.35. The smallest absolute Gasteiger partial charge is 0.310 e. The zero-order chi connectivity index (χ0) is 21.6. The van der Waals surface area contributed by atoms with Crippen LogP contribution in [0.2, 0.25) is 0 Å². The number of carbonyl (C=O) groups excluding carboxylic acids is 2. The molecule has 1 heterocycles. The quantitative estimate of drug-likeness (QED) is 0.416. The number of carbonyl (C=O) groups is 2. The zero-order valence-corrected chi connectivity index (χ0v) is 17.9. The third-order valence-electron chi connectivity index (χ3n) is 4.93. The van der Waals surface area contributed by atoms with E-state index in [-0.39, 0.29) is 31.3 Å². The molecule has 0 aliphatic rings. The maximum Gasteiger partial charge on any atom is 0.310 e. The summed E-state index contributed by atoms with van der Waals surface area (Å²) in [5.74, 6) is -0.425. The molecule has 31 heavy (non-hydrogen) atoms. The molecule has 0 unspecified atom stereocenters. The van der Waals surface area contributed by atoms with Crippen LogP contribution in [0.3, 0.4) is 0 Å². The van der Waals surface area contributed by atoms with E-state index in [2.05, 4.69) is 10.3 Å². The summed E-state index contributed by atoms with van der Waals surface area (Å²) in [6, 6.07) is 21.5. The molecule has 3 aromatic carbocycles. The van der Waals surface area contributed by atoms with Crippen LogP contribution >= 0.6 is 11.3 Å². The Morgan fingerprint density at radius 1 is 0.968 bits per heavy atom. The van der Waals surface area contributed by atoms with Crippen LogP contribution in [0.5, 0.6) is 0 Å². The standard InChI is InChI=1S/C25H22N2O3S/c1-17-7-2-5-12-22(17)27-23(28)14-24-26-20(16-31-24)15-30-25(29)13-19-10-6-9-18-8-3-4-11-21(18)19/h2-12,16H,13-15H2,1H3,(H,27,28). The van der Waals surface area contributed by atoms with Gasteiger partial charge in [-0.1, -0.05) is 60.7 Å². The van der Waals surface area contributed by atoms with Gasteiger partial charge in [0, 0.05) is 11.1 Å². The van der Waals surface area contributed by atoms with E-state index in [1.807, 2.05) is 79.0 Å². The lowest BCUT2D eigenvalue weighted by atomic mass is 10.0. The van der Waals surface area contributed by atoms with Crippen molar-refractivity contribution in [1.29, 1.82) is 0 Å². The van der Waals surface area contributed by atoms with Gasteiger partial charge in [-0.3, -0.25) is 9.59 Å². The molecule has 0 radical (unpaired) electrons. The lowest BCUT2D eigenvalue weighted by molar-refractivity contribution is -0.144. The highest BCUT2D eigenvalue weighted by Gasteiger charge is 2.12. The molecule has 0 atom stereocenters. The number of benzene rings is 3. The Hall–Kier alpha value is -3.51. The molecule has 0 aliphatic heterocycles. The molecule has 0 saturated carbocycles. The average Bonchev–Trinajstić information content (AvgIpc) is 3.21. The first-order valence-electron chi connectivity index (χ1n) is 9.99. The van der Waals surface area contributed by atoms with E-state index in [4.69, 9.17) is 4.74 Å². The maximum atomic E-state index is 12.3. The molecule has 4 rings (SSSR count). The Labute approximate surface area is 184 Å². The molecule has 0 saturated heterocycles. The van der Waals surface area contributed by atoms with Crippen molar-refractivity contribution in [2.75, 3.05) is 5.32 Å². The van der Waals surface area contributed by atoms with Gasteiger partial charge in [-0.15, -0.1) is 11.3 Å². The largest absolute Gasteiger partial charge is 0.459 e. The summed E-state index contributed by atoms with van der Waals surface area (Å²) in [6.45, 7) is 2.04. The highest BCUT2D eigenvalue weighted by molar-refractivity contribution is 7.09. The molecule has 1 amide bonds. The van der Waals surface area contributed by atoms with E-state index in [0.29, 0.717) is 10.7 Å². The number of thiazole rings is 1. The van der Waals surface area contributed by atoms with Gasteiger partial charge in [0.15, 0.2) is 0 Å². The Kier molecular flexibility index (Phi) is 6.38. The van der Waals surface area contributed by atoms with E-state index in [1.54, 1.807) is 0 Å². The van der Waals surface area contributed by atoms with Crippen LogP contribution in [-0.2, 0) is 33.8 Å². The molecule has 0 fully saturated rings. The number of ether oxygens (including phenoxy) is 1. The van der Waals surface area contributed by atoms with Crippen molar-refractivity contribution in [2.24, 2.45) is 0 Å². The predicted molar refractivity (Wildman–Crippen MR) is 123 cm³/mol. The van der Waals surface area contributed by atoms with Gasteiger partial charge in [-0.2, -0.15) is 0 Å². The summed E-state index contributed by atoms with van der Waals surface area (Å²) >= 11 is 1.39. The average molecular weight is 431 g/mol. The van der Waals surface area contributed by atoms with Gasteiger partial charge in [0.25, 0.3) is 0 Å². The van der Waals surface area contributed by atoms with Crippen LogP contribution in [0.1, 0.15) is 21.8 Å². The number of fused-ring (bicyclic) bond motifs is 1.